The Morgan fingerprint density at radius 3 is 2.45 bits per heavy atom. The molecule has 2 atom stereocenters. The van der Waals surface area contributed by atoms with Gasteiger partial charge < -0.3 is 10.6 Å². The number of nitrogens with zero attached hydrogens (tertiary/aromatic N) is 1. The summed E-state index contributed by atoms with van der Waals surface area (Å²) in [6.07, 6.45) is 4.85. The zero-order valence-electron chi connectivity index (χ0n) is 12.3. The molecule has 4 heteroatoms. The lowest BCUT2D eigenvalue weighted by atomic mass is 9.86. The molecule has 0 spiro atoms. The fraction of sp³-hybridized carbons (Fsp3) is 0.625. The molecule has 0 amide bonds. The van der Waals surface area contributed by atoms with Crippen LogP contribution in [0.4, 0.5) is 14.5 Å². The van der Waals surface area contributed by atoms with Crippen LogP contribution in [-0.2, 0) is 6.42 Å². The molecule has 0 radical (unpaired) electrons. The second kappa shape index (κ2) is 6.53. The molecule has 1 aromatic carbocycles. The van der Waals surface area contributed by atoms with Gasteiger partial charge in [0.1, 0.15) is 17.3 Å². The summed E-state index contributed by atoms with van der Waals surface area (Å²) in [5.41, 5.74) is 6.16. The van der Waals surface area contributed by atoms with Crippen molar-refractivity contribution in [3.05, 3.63) is 29.3 Å². The molecule has 0 aliphatic heterocycles. The van der Waals surface area contributed by atoms with E-state index in [0.29, 0.717) is 24.4 Å². The average molecular weight is 282 g/mol. The quantitative estimate of drug-likeness (QED) is 0.916. The first-order valence-corrected chi connectivity index (χ1v) is 7.43. The molecule has 0 bridgehead atoms. The van der Waals surface area contributed by atoms with Gasteiger partial charge in [0.2, 0.25) is 0 Å². The van der Waals surface area contributed by atoms with Gasteiger partial charge in [-0.1, -0.05) is 19.8 Å². The normalized spacial score (nSPS) is 22.9. The van der Waals surface area contributed by atoms with Crippen LogP contribution in [-0.4, -0.2) is 19.6 Å². The minimum Gasteiger partial charge on any atom is -0.367 e. The fourth-order valence-corrected chi connectivity index (χ4v) is 3.20. The van der Waals surface area contributed by atoms with Crippen LogP contribution in [0.1, 0.15) is 38.2 Å². The van der Waals surface area contributed by atoms with Gasteiger partial charge in [-0.15, -0.1) is 0 Å². The lowest BCUT2D eigenvalue weighted by Gasteiger charge is -2.36. The second-order valence-electron chi connectivity index (χ2n) is 5.98. The fourth-order valence-electron chi connectivity index (χ4n) is 3.20. The number of benzene rings is 1. The molecule has 112 valence electrons. The molecule has 20 heavy (non-hydrogen) atoms. The van der Waals surface area contributed by atoms with Crippen molar-refractivity contribution >= 4 is 5.69 Å². The number of hydrogen-bond acceptors (Lipinski definition) is 2. The first kappa shape index (κ1) is 15.2. The highest BCUT2D eigenvalue weighted by Crippen LogP contribution is 2.32. The van der Waals surface area contributed by atoms with E-state index in [-0.39, 0.29) is 11.7 Å². The SMILES string of the molecule is CC1CCCC(N(C)c2c(F)cc(CCN)cc2F)C1. The highest BCUT2D eigenvalue weighted by atomic mass is 19.1. The van der Waals surface area contributed by atoms with Crippen LogP contribution in [0.3, 0.4) is 0 Å². The highest BCUT2D eigenvalue weighted by Gasteiger charge is 2.26. The molecule has 2 rings (SSSR count). The Morgan fingerprint density at radius 1 is 1.25 bits per heavy atom. The molecule has 1 aliphatic rings. The van der Waals surface area contributed by atoms with E-state index in [9.17, 15) is 8.78 Å². The van der Waals surface area contributed by atoms with E-state index in [2.05, 4.69) is 6.92 Å². The van der Waals surface area contributed by atoms with Crippen molar-refractivity contribution < 1.29 is 8.78 Å². The van der Waals surface area contributed by atoms with Gasteiger partial charge in [-0.05, 0) is 49.4 Å². The Bertz CT molecular complexity index is 439. The van der Waals surface area contributed by atoms with Crippen molar-refractivity contribution in [2.45, 2.75) is 45.1 Å². The Labute approximate surface area is 120 Å². The van der Waals surface area contributed by atoms with E-state index in [1.165, 1.54) is 18.6 Å². The van der Waals surface area contributed by atoms with Crippen LogP contribution in [0.15, 0.2) is 12.1 Å². The summed E-state index contributed by atoms with van der Waals surface area (Å²) in [5.74, 6) is -0.331. The Hall–Kier alpha value is -1.16. The highest BCUT2D eigenvalue weighted by molar-refractivity contribution is 5.51. The molecule has 2 nitrogen and oxygen atoms in total. The largest absolute Gasteiger partial charge is 0.367 e. The molecule has 1 aromatic rings. The van der Waals surface area contributed by atoms with Crippen molar-refractivity contribution in [1.82, 2.24) is 0 Å². The standard InChI is InChI=1S/C16H24F2N2/c1-11-4-3-5-13(8-11)20(2)16-14(17)9-12(6-7-19)10-15(16)18/h9-11,13H,3-8,19H2,1-2H3. The number of anilines is 1. The van der Waals surface area contributed by atoms with Gasteiger partial charge in [-0.25, -0.2) is 8.78 Å². The van der Waals surface area contributed by atoms with Gasteiger partial charge >= 0.3 is 0 Å². The molecular weight excluding hydrogens is 258 g/mol. The zero-order valence-corrected chi connectivity index (χ0v) is 12.3. The molecular formula is C16H24F2N2. The Kier molecular flexibility index (Phi) is 4.97. The third kappa shape index (κ3) is 3.29. The van der Waals surface area contributed by atoms with Crippen molar-refractivity contribution in [1.29, 1.82) is 0 Å². The van der Waals surface area contributed by atoms with Crippen LogP contribution >= 0.6 is 0 Å². The van der Waals surface area contributed by atoms with Gasteiger partial charge in [-0.3, -0.25) is 0 Å². The lowest BCUT2D eigenvalue weighted by molar-refractivity contribution is 0.333. The summed E-state index contributed by atoms with van der Waals surface area (Å²) < 4.78 is 28.4. The minimum absolute atomic E-state index is 0.102. The van der Waals surface area contributed by atoms with Crippen LogP contribution in [0, 0.1) is 17.6 Å². The smallest absolute Gasteiger partial charge is 0.149 e. The molecule has 2 N–H and O–H groups in total. The van der Waals surface area contributed by atoms with Gasteiger partial charge in [0, 0.05) is 13.1 Å². The maximum Gasteiger partial charge on any atom is 0.149 e. The number of rotatable bonds is 4. The summed E-state index contributed by atoms with van der Waals surface area (Å²) in [6, 6.07) is 3.05. The first-order valence-electron chi connectivity index (χ1n) is 7.43. The molecule has 1 aliphatic carbocycles. The number of hydrogen-bond donors (Lipinski definition) is 1. The molecule has 0 saturated heterocycles. The van der Waals surface area contributed by atoms with E-state index >= 15 is 0 Å². The number of halogens is 2. The predicted molar refractivity (Wildman–Crippen MR) is 78.9 cm³/mol. The average Bonchev–Trinajstić information content (AvgIpc) is 2.38. The third-order valence-corrected chi connectivity index (χ3v) is 4.32. The molecule has 1 saturated carbocycles. The number of nitrogens with two attached hydrogens (primary N) is 1. The maximum atomic E-state index is 14.2. The minimum atomic E-state index is -0.478. The summed E-state index contributed by atoms with van der Waals surface area (Å²) in [5, 5.41) is 0. The van der Waals surface area contributed by atoms with Gasteiger partial charge in [-0.2, -0.15) is 0 Å². The summed E-state index contributed by atoms with van der Waals surface area (Å²) in [7, 11) is 1.80. The van der Waals surface area contributed by atoms with Crippen LogP contribution in [0.2, 0.25) is 0 Å². The predicted octanol–water partition coefficient (Wildman–Crippen LogP) is 3.48. The third-order valence-electron chi connectivity index (χ3n) is 4.32. The zero-order chi connectivity index (χ0) is 14.7. The maximum absolute atomic E-state index is 14.2. The van der Waals surface area contributed by atoms with Gasteiger partial charge in [0.05, 0.1) is 0 Å². The van der Waals surface area contributed by atoms with E-state index < -0.39 is 11.6 Å². The molecule has 0 aromatic heterocycles. The van der Waals surface area contributed by atoms with Crippen molar-refractivity contribution in [3.63, 3.8) is 0 Å². The van der Waals surface area contributed by atoms with E-state index in [1.54, 1.807) is 11.9 Å². The second-order valence-corrected chi connectivity index (χ2v) is 5.98. The van der Waals surface area contributed by atoms with Crippen LogP contribution in [0.25, 0.3) is 0 Å². The van der Waals surface area contributed by atoms with E-state index in [4.69, 9.17) is 5.73 Å². The lowest BCUT2D eigenvalue weighted by Crippen LogP contribution is -2.36. The first-order chi connectivity index (χ1) is 9.52. The van der Waals surface area contributed by atoms with Crippen molar-refractivity contribution in [2.24, 2.45) is 11.7 Å². The molecule has 0 heterocycles. The van der Waals surface area contributed by atoms with Crippen LogP contribution in [0.5, 0.6) is 0 Å². The topological polar surface area (TPSA) is 29.3 Å². The van der Waals surface area contributed by atoms with Gasteiger partial charge in [0.25, 0.3) is 0 Å². The Balaban J connectivity index is 2.22. The van der Waals surface area contributed by atoms with Crippen molar-refractivity contribution in [3.8, 4) is 0 Å². The van der Waals surface area contributed by atoms with E-state index in [0.717, 1.165) is 19.3 Å². The van der Waals surface area contributed by atoms with Crippen molar-refractivity contribution in [2.75, 3.05) is 18.5 Å². The summed E-state index contributed by atoms with van der Waals surface area (Å²) in [4.78, 5) is 1.78. The van der Waals surface area contributed by atoms with Crippen LogP contribution < -0.4 is 10.6 Å². The van der Waals surface area contributed by atoms with Gasteiger partial charge in [0.15, 0.2) is 0 Å². The van der Waals surface area contributed by atoms with E-state index in [1.807, 2.05) is 0 Å². The summed E-state index contributed by atoms with van der Waals surface area (Å²) >= 11 is 0. The summed E-state index contributed by atoms with van der Waals surface area (Å²) in [6.45, 7) is 2.60. The molecule has 1 fully saturated rings. The molecule has 2 unspecified atom stereocenters. The Morgan fingerprint density at radius 2 is 1.90 bits per heavy atom. The monoisotopic (exact) mass is 282 g/mol.